The van der Waals surface area contributed by atoms with E-state index in [4.69, 9.17) is 4.98 Å². The maximum Gasteiger partial charge on any atom is 0.223 e. The number of thiophene rings is 1. The van der Waals surface area contributed by atoms with E-state index in [1.54, 1.807) is 11.3 Å². The Morgan fingerprint density at radius 2 is 1.96 bits per heavy atom. The molecule has 1 aliphatic rings. The van der Waals surface area contributed by atoms with Crippen LogP contribution in [-0.2, 0) is 0 Å². The van der Waals surface area contributed by atoms with E-state index in [1.807, 2.05) is 6.20 Å². The van der Waals surface area contributed by atoms with Crippen molar-refractivity contribution in [2.24, 2.45) is 0 Å². The molecule has 1 aromatic carbocycles. The molecule has 3 aromatic rings. The van der Waals surface area contributed by atoms with Crippen molar-refractivity contribution >= 4 is 27.4 Å². The van der Waals surface area contributed by atoms with Crippen LogP contribution in [0.15, 0.2) is 61.1 Å². The van der Waals surface area contributed by atoms with E-state index in [2.05, 4.69) is 66.0 Å². The number of benzene rings is 1. The van der Waals surface area contributed by atoms with Crippen LogP contribution in [0.1, 0.15) is 18.4 Å². The van der Waals surface area contributed by atoms with Crippen LogP contribution >= 0.6 is 11.3 Å². The van der Waals surface area contributed by atoms with Gasteiger partial charge in [0.1, 0.15) is 0 Å². The minimum atomic E-state index is 0.221. The molecule has 1 fully saturated rings. The Kier molecular flexibility index (Phi) is 4.01. The Hall–Kier alpha value is -2.66. The molecule has 4 rings (SSSR count). The maximum absolute atomic E-state index is 4.79. The molecule has 2 N–H and O–H groups in total. The molecule has 2 aromatic heterocycles. The topological polar surface area (TPSA) is 49.8 Å². The number of rotatable bonds is 3. The number of nitrogens with one attached hydrogen (secondary N) is 2. The second kappa shape index (κ2) is 6.33. The van der Waals surface area contributed by atoms with E-state index in [0.29, 0.717) is 5.95 Å². The Labute approximate surface area is 151 Å². The number of hydrogen-bond acceptors (Lipinski definition) is 5. The van der Waals surface area contributed by atoms with Gasteiger partial charge in [0.2, 0.25) is 5.95 Å². The normalized spacial score (nSPS) is 15.4. The molecule has 0 spiro atoms. The van der Waals surface area contributed by atoms with E-state index in [0.717, 1.165) is 35.5 Å². The smallest absolute Gasteiger partial charge is 0.223 e. The van der Waals surface area contributed by atoms with E-state index >= 15 is 0 Å². The number of fused-ring (bicyclic) bond motifs is 1. The van der Waals surface area contributed by atoms with Crippen molar-refractivity contribution in [3.63, 3.8) is 0 Å². The summed E-state index contributed by atoms with van der Waals surface area (Å²) in [5, 5.41) is 7.87. The summed E-state index contributed by atoms with van der Waals surface area (Å²) in [6, 6.07) is 10.8. The minimum Gasteiger partial charge on any atom is -0.363 e. The predicted octanol–water partition coefficient (Wildman–Crippen LogP) is 4.86. The molecule has 0 bridgehead atoms. The van der Waals surface area contributed by atoms with Gasteiger partial charge in [-0.25, -0.2) is 9.97 Å². The van der Waals surface area contributed by atoms with Crippen LogP contribution in [0.5, 0.6) is 0 Å². The van der Waals surface area contributed by atoms with Crippen molar-refractivity contribution < 1.29 is 0 Å². The zero-order chi connectivity index (χ0) is 17.4. The van der Waals surface area contributed by atoms with Crippen LogP contribution in [0.2, 0.25) is 0 Å². The largest absolute Gasteiger partial charge is 0.363 e. The van der Waals surface area contributed by atoms with Crippen molar-refractivity contribution in [3.8, 4) is 10.6 Å². The second-order valence-electron chi connectivity index (χ2n) is 6.46. The fourth-order valence-corrected chi connectivity index (χ4v) is 4.28. The first-order valence-electron chi connectivity index (χ1n) is 8.30. The maximum atomic E-state index is 4.79. The minimum absolute atomic E-state index is 0.221. The molecule has 0 saturated carbocycles. The lowest BCUT2D eigenvalue weighted by molar-refractivity contribution is 0.600. The van der Waals surface area contributed by atoms with Gasteiger partial charge in [0, 0.05) is 41.2 Å². The molecule has 126 valence electrons. The lowest BCUT2D eigenvalue weighted by atomic mass is 10.0. The zero-order valence-electron chi connectivity index (χ0n) is 14.2. The van der Waals surface area contributed by atoms with Gasteiger partial charge < -0.3 is 10.6 Å². The van der Waals surface area contributed by atoms with Gasteiger partial charge in [0.25, 0.3) is 0 Å². The first-order chi connectivity index (χ1) is 12.1. The molecular weight excluding hydrogens is 328 g/mol. The van der Waals surface area contributed by atoms with Crippen LogP contribution in [-0.4, -0.2) is 16.0 Å². The van der Waals surface area contributed by atoms with E-state index < -0.39 is 0 Å². The molecular formula is C20H20N4S. The van der Waals surface area contributed by atoms with Gasteiger partial charge in [0.15, 0.2) is 0 Å². The third-order valence-electron chi connectivity index (χ3n) is 4.30. The third kappa shape index (κ3) is 3.28. The summed E-state index contributed by atoms with van der Waals surface area (Å²) in [7, 11) is 0. The number of anilines is 1. The van der Waals surface area contributed by atoms with Gasteiger partial charge in [-0.2, -0.15) is 0 Å². The Morgan fingerprint density at radius 3 is 2.72 bits per heavy atom. The molecule has 0 unspecified atom stereocenters. The first kappa shape index (κ1) is 15.8. The monoisotopic (exact) mass is 348 g/mol. The number of piperidine rings is 1. The van der Waals surface area contributed by atoms with Crippen LogP contribution in [0, 0.1) is 6.92 Å². The highest BCUT2D eigenvalue weighted by molar-refractivity contribution is 7.22. The molecule has 1 saturated heterocycles. The zero-order valence-corrected chi connectivity index (χ0v) is 15.0. The summed E-state index contributed by atoms with van der Waals surface area (Å²) >= 11 is 1.76. The number of hydrogen-bond donors (Lipinski definition) is 2. The fraction of sp³-hybridized carbons (Fsp3) is 0.200. The number of aromatic nitrogens is 2. The Morgan fingerprint density at radius 1 is 1.20 bits per heavy atom. The molecule has 5 heteroatoms. The van der Waals surface area contributed by atoms with Gasteiger partial charge in [-0.3, -0.25) is 0 Å². The van der Waals surface area contributed by atoms with Gasteiger partial charge in [-0.15, -0.1) is 11.3 Å². The lowest BCUT2D eigenvalue weighted by Gasteiger charge is -2.27. The molecule has 0 amide bonds. The highest BCUT2D eigenvalue weighted by atomic mass is 32.1. The standard InChI is InChI=1S/C20H20N4S/c1-12-11-21-20(23-16-8-13(2)22-14(3)9-16)24-19(12)18-10-15-6-4-5-7-17(15)25-18/h4-7,10-11,16,22H,2-3,8-9H2,1H3,(H,21,23,24). The molecule has 3 heterocycles. The molecule has 0 atom stereocenters. The second-order valence-corrected chi connectivity index (χ2v) is 7.54. The average molecular weight is 348 g/mol. The summed E-state index contributed by atoms with van der Waals surface area (Å²) in [6.45, 7) is 10.1. The van der Waals surface area contributed by atoms with Crippen LogP contribution in [0.4, 0.5) is 5.95 Å². The van der Waals surface area contributed by atoms with Crippen LogP contribution < -0.4 is 10.6 Å². The van der Waals surface area contributed by atoms with Crippen molar-refractivity contribution in [1.82, 2.24) is 15.3 Å². The third-order valence-corrected chi connectivity index (χ3v) is 5.43. The van der Waals surface area contributed by atoms with E-state index in [9.17, 15) is 0 Å². The summed E-state index contributed by atoms with van der Waals surface area (Å²) in [5.74, 6) is 0.658. The van der Waals surface area contributed by atoms with E-state index in [-0.39, 0.29) is 6.04 Å². The van der Waals surface area contributed by atoms with Gasteiger partial charge in [-0.1, -0.05) is 31.4 Å². The molecule has 1 aliphatic heterocycles. The molecule has 0 aliphatic carbocycles. The van der Waals surface area contributed by atoms with Crippen molar-refractivity contribution in [2.45, 2.75) is 25.8 Å². The van der Waals surface area contributed by atoms with Gasteiger partial charge >= 0.3 is 0 Å². The summed E-state index contributed by atoms with van der Waals surface area (Å²) in [4.78, 5) is 10.4. The molecule has 0 radical (unpaired) electrons. The highest BCUT2D eigenvalue weighted by Gasteiger charge is 2.19. The molecule has 25 heavy (non-hydrogen) atoms. The summed E-state index contributed by atoms with van der Waals surface area (Å²) < 4.78 is 1.27. The predicted molar refractivity (Wildman–Crippen MR) is 106 cm³/mol. The number of nitrogens with zero attached hydrogens (tertiary/aromatic N) is 2. The SMILES string of the molecule is C=C1CC(Nc2ncc(C)c(-c3cc4ccccc4s3)n2)CC(=C)N1. The van der Waals surface area contributed by atoms with E-state index in [1.165, 1.54) is 15.0 Å². The van der Waals surface area contributed by atoms with Crippen LogP contribution in [0.25, 0.3) is 20.7 Å². The summed E-state index contributed by atoms with van der Waals surface area (Å²) in [5.41, 5.74) is 4.03. The quantitative estimate of drug-likeness (QED) is 0.710. The Bertz CT molecular complexity index is 924. The van der Waals surface area contributed by atoms with Crippen molar-refractivity contribution in [3.05, 3.63) is 66.6 Å². The van der Waals surface area contributed by atoms with Gasteiger partial charge in [-0.05, 0) is 30.0 Å². The number of aryl methyl sites for hydroxylation is 1. The fourth-order valence-electron chi connectivity index (χ4n) is 3.16. The summed E-state index contributed by atoms with van der Waals surface area (Å²) in [6.07, 6.45) is 3.57. The van der Waals surface area contributed by atoms with Crippen LogP contribution in [0.3, 0.4) is 0 Å². The average Bonchev–Trinajstić information content (AvgIpc) is 2.99. The van der Waals surface area contributed by atoms with Crippen molar-refractivity contribution in [1.29, 1.82) is 0 Å². The van der Waals surface area contributed by atoms with Crippen molar-refractivity contribution in [2.75, 3.05) is 5.32 Å². The molecule has 4 nitrogen and oxygen atoms in total. The highest BCUT2D eigenvalue weighted by Crippen LogP contribution is 2.34. The lowest BCUT2D eigenvalue weighted by Crippen LogP contribution is -2.32. The van der Waals surface area contributed by atoms with Gasteiger partial charge in [0.05, 0.1) is 10.6 Å². The first-order valence-corrected chi connectivity index (χ1v) is 9.12. The Balaban J connectivity index is 1.64.